The van der Waals surface area contributed by atoms with Crippen molar-refractivity contribution in [3.63, 3.8) is 0 Å². The zero-order chi connectivity index (χ0) is 18.8. The normalized spacial score (nSPS) is 10.3. The molecular weight excluding hydrogens is 340 g/mol. The fourth-order valence-corrected chi connectivity index (χ4v) is 2.21. The van der Waals surface area contributed by atoms with E-state index in [0.29, 0.717) is 19.8 Å². The highest BCUT2D eigenvalue weighted by Crippen LogP contribution is 2.26. The van der Waals surface area contributed by atoms with Gasteiger partial charge < -0.3 is 23.7 Å². The van der Waals surface area contributed by atoms with Gasteiger partial charge in [0.2, 0.25) is 16.9 Å². The van der Waals surface area contributed by atoms with Crippen molar-refractivity contribution in [1.82, 2.24) is 0 Å². The molecule has 0 radical (unpaired) electrons. The summed E-state index contributed by atoms with van der Waals surface area (Å²) in [6.45, 7) is 3.40. The molecule has 0 aliphatic heterocycles. The van der Waals surface area contributed by atoms with E-state index in [9.17, 15) is 9.59 Å². The molecule has 1 aromatic carbocycles. The van der Waals surface area contributed by atoms with Gasteiger partial charge in [-0.05, 0) is 38.3 Å². The van der Waals surface area contributed by atoms with Crippen molar-refractivity contribution in [2.75, 3.05) is 19.8 Å². The predicted octanol–water partition coefficient (Wildman–Crippen LogP) is 3.36. The summed E-state index contributed by atoms with van der Waals surface area (Å²) in [5, 5.41) is 8.73. The largest absolute Gasteiger partial charge is 0.490 e. The van der Waals surface area contributed by atoms with E-state index < -0.39 is 17.2 Å². The maximum Gasteiger partial charge on any atom is 0.371 e. The first-order valence-corrected chi connectivity index (χ1v) is 8.45. The average molecular weight is 362 g/mol. The number of benzene rings is 1. The number of hydrogen-bond acceptors (Lipinski definition) is 6. The van der Waals surface area contributed by atoms with Crippen LogP contribution in [0.5, 0.6) is 17.2 Å². The topological polar surface area (TPSA) is 95.2 Å². The molecule has 2 rings (SSSR count). The summed E-state index contributed by atoms with van der Waals surface area (Å²) in [6, 6.07) is 8.44. The molecule has 0 bridgehead atoms. The van der Waals surface area contributed by atoms with Gasteiger partial charge in [0.1, 0.15) is 6.26 Å². The van der Waals surface area contributed by atoms with Crippen molar-refractivity contribution in [3.05, 3.63) is 52.6 Å². The van der Waals surface area contributed by atoms with E-state index in [0.717, 1.165) is 43.1 Å². The Morgan fingerprint density at radius 3 is 2.19 bits per heavy atom. The number of ether oxygens (including phenoxy) is 3. The number of rotatable bonds is 11. The first-order valence-electron chi connectivity index (χ1n) is 8.45. The first-order chi connectivity index (χ1) is 12.6. The Balaban J connectivity index is 1.66. The smallest absolute Gasteiger partial charge is 0.371 e. The summed E-state index contributed by atoms with van der Waals surface area (Å²) in [5.41, 5.74) is -0.510. The Kier molecular flexibility index (Phi) is 7.54. The number of carboxylic acid groups (broad SMARTS) is 1. The van der Waals surface area contributed by atoms with Gasteiger partial charge in [-0.3, -0.25) is 4.79 Å². The van der Waals surface area contributed by atoms with Crippen LogP contribution in [0.25, 0.3) is 0 Å². The number of carboxylic acids is 1. The Hall–Kier alpha value is -2.96. The third-order valence-corrected chi connectivity index (χ3v) is 3.46. The van der Waals surface area contributed by atoms with E-state index in [-0.39, 0.29) is 5.75 Å². The molecule has 0 aliphatic carbocycles. The highest BCUT2D eigenvalue weighted by atomic mass is 16.5. The predicted molar refractivity (Wildman–Crippen MR) is 94.4 cm³/mol. The van der Waals surface area contributed by atoms with Gasteiger partial charge in [0, 0.05) is 6.07 Å². The van der Waals surface area contributed by atoms with Gasteiger partial charge in [-0.1, -0.05) is 12.1 Å². The van der Waals surface area contributed by atoms with Crippen LogP contribution < -0.4 is 19.6 Å². The number of para-hydroxylation sites is 2. The van der Waals surface area contributed by atoms with Gasteiger partial charge in [0.05, 0.1) is 19.8 Å². The maximum absolute atomic E-state index is 11.7. The average Bonchev–Trinajstić information content (AvgIpc) is 2.63. The summed E-state index contributed by atoms with van der Waals surface area (Å²) < 4.78 is 21.4. The molecule has 0 atom stereocenters. The Bertz CT molecular complexity index is 766. The highest BCUT2D eigenvalue weighted by molar-refractivity contribution is 5.84. The fourth-order valence-electron chi connectivity index (χ4n) is 2.21. The van der Waals surface area contributed by atoms with Gasteiger partial charge in [-0.2, -0.15) is 0 Å². The number of aromatic carboxylic acids is 1. The van der Waals surface area contributed by atoms with Crippen LogP contribution >= 0.6 is 0 Å². The lowest BCUT2D eigenvalue weighted by molar-refractivity contribution is 0.0658. The van der Waals surface area contributed by atoms with Crippen LogP contribution in [0.1, 0.15) is 36.7 Å². The summed E-state index contributed by atoms with van der Waals surface area (Å²) in [5.74, 6) is -0.236. The quantitative estimate of drug-likeness (QED) is 0.612. The van der Waals surface area contributed by atoms with Crippen LogP contribution in [0, 0.1) is 0 Å². The molecule has 0 amide bonds. The molecular formula is C19H22O7. The SMILES string of the molecule is CCOc1ccccc1OCCCCCOc1coc(C(=O)O)cc1=O. The van der Waals surface area contributed by atoms with E-state index in [2.05, 4.69) is 0 Å². The van der Waals surface area contributed by atoms with Crippen molar-refractivity contribution in [1.29, 1.82) is 0 Å². The first kappa shape index (κ1) is 19.4. The number of hydrogen-bond donors (Lipinski definition) is 1. The Labute approximate surface area is 151 Å². The van der Waals surface area contributed by atoms with E-state index in [1.165, 1.54) is 0 Å². The molecule has 0 spiro atoms. The molecule has 26 heavy (non-hydrogen) atoms. The minimum absolute atomic E-state index is 0.0110. The van der Waals surface area contributed by atoms with Crippen molar-refractivity contribution >= 4 is 5.97 Å². The Morgan fingerprint density at radius 2 is 1.62 bits per heavy atom. The maximum atomic E-state index is 11.7. The molecule has 2 aromatic rings. The molecule has 140 valence electrons. The molecule has 1 heterocycles. The van der Waals surface area contributed by atoms with E-state index in [1.54, 1.807) is 0 Å². The molecule has 7 nitrogen and oxygen atoms in total. The van der Waals surface area contributed by atoms with Crippen LogP contribution in [0.4, 0.5) is 0 Å². The van der Waals surface area contributed by atoms with Crippen LogP contribution in [0.2, 0.25) is 0 Å². The second kappa shape index (κ2) is 10.1. The second-order valence-corrected chi connectivity index (χ2v) is 5.42. The molecule has 0 saturated carbocycles. The highest BCUT2D eigenvalue weighted by Gasteiger charge is 2.10. The van der Waals surface area contributed by atoms with Crippen LogP contribution in [-0.4, -0.2) is 30.9 Å². The molecule has 1 aromatic heterocycles. The summed E-state index contributed by atoms with van der Waals surface area (Å²) >= 11 is 0. The summed E-state index contributed by atoms with van der Waals surface area (Å²) in [7, 11) is 0. The van der Waals surface area contributed by atoms with E-state index >= 15 is 0 Å². The molecule has 0 fully saturated rings. The van der Waals surface area contributed by atoms with Gasteiger partial charge in [-0.25, -0.2) is 4.79 Å². The van der Waals surface area contributed by atoms with Gasteiger partial charge in [0.25, 0.3) is 0 Å². The van der Waals surface area contributed by atoms with E-state index in [1.807, 2.05) is 31.2 Å². The lowest BCUT2D eigenvalue weighted by atomic mass is 10.2. The van der Waals surface area contributed by atoms with Crippen molar-refractivity contribution < 1.29 is 28.5 Å². The minimum Gasteiger partial charge on any atom is -0.490 e. The van der Waals surface area contributed by atoms with Gasteiger partial charge in [-0.15, -0.1) is 0 Å². The van der Waals surface area contributed by atoms with Gasteiger partial charge >= 0.3 is 5.97 Å². The fraction of sp³-hybridized carbons (Fsp3) is 0.368. The number of carbonyl (C=O) groups is 1. The lowest BCUT2D eigenvalue weighted by Crippen LogP contribution is -2.11. The second-order valence-electron chi connectivity index (χ2n) is 5.42. The molecule has 0 aliphatic rings. The van der Waals surface area contributed by atoms with Gasteiger partial charge in [0.15, 0.2) is 11.5 Å². The van der Waals surface area contributed by atoms with Crippen LogP contribution in [-0.2, 0) is 0 Å². The molecule has 0 saturated heterocycles. The summed E-state index contributed by atoms with van der Waals surface area (Å²) in [4.78, 5) is 22.4. The zero-order valence-electron chi connectivity index (χ0n) is 14.6. The number of unbranched alkanes of at least 4 members (excludes halogenated alkanes) is 2. The monoisotopic (exact) mass is 362 g/mol. The third-order valence-electron chi connectivity index (χ3n) is 3.46. The molecule has 0 unspecified atom stereocenters. The standard InChI is InChI=1S/C19H22O7/c1-2-23-15-8-4-5-9-16(15)24-10-6-3-7-11-25-18-13-26-17(19(21)22)12-14(18)20/h4-5,8-9,12-13H,2-3,6-7,10-11H2,1H3,(H,21,22). The van der Waals surface area contributed by atoms with E-state index in [4.69, 9.17) is 23.7 Å². The third kappa shape index (κ3) is 5.84. The van der Waals surface area contributed by atoms with Crippen LogP contribution in [0.3, 0.4) is 0 Å². The zero-order valence-corrected chi connectivity index (χ0v) is 14.6. The lowest BCUT2D eigenvalue weighted by Gasteiger charge is -2.11. The van der Waals surface area contributed by atoms with Crippen molar-refractivity contribution in [2.45, 2.75) is 26.2 Å². The van der Waals surface area contributed by atoms with Crippen molar-refractivity contribution in [3.8, 4) is 17.2 Å². The Morgan fingerprint density at radius 1 is 1.00 bits per heavy atom. The van der Waals surface area contributed by atoms with Crippen molar-refractivity contribution in [2.24, 2.45) is 0 Å². The van der Waals surface area contributed by atoms with Crippen LogP contribution in [0.15, 0.2) is 45.8 Å². The summed E-state index contributed by atoms with van der Waals surface area (Å²) in [6.07, 6.45) is 3.45. The molecule has 1 N–H and O–H groups in total. The minimum atomic E-state index is -1.29. The molecule has 7 heteroatoms.